The number of aliphatic carboxylic acids is 1. The summed E-state index contributed by atoms with van der Waals surface area (Å²) in [4.78, 5) is 13.1. The summed E-state index contributed by atoms with van der Waals surface area (Å²) in [5.74, 6) is 0.493. The summed E-state index contributed by atoms with van der Waals surface area (Å²) in [5, 5.41) is 8.99. The average molecular weight is 305 g/mol. The van der Waals surface area contributed by atoms with Gasteiger partial charge in [-0.05, 0) is 29.0 Å². The molecule has 1 aliphatic heterocycles. The Morgan fingerprint density at radius 2 is 2.09 bits per heavy atom. The minimum atomic E-state index is -0.763. The van der Waals surface area contributed by atoms with Gasteiger partial charge in [0, 0.05) is 6.54 Å². The Morgan fingerprint density at radius 3 is 2.64 bits per heavy atom. The number of hydrogen-bond donors (Lipinski definition) is 1. The zero-order valence-corrected chi connectivity index (χ0v) is 14.2. The molecule has 122 valence electrons. The maximum absolute atomic E-state index is 10.9. The largest absolute Gasteiger partial charge is 0.486 e. The number of fused-ring (bicyclic) bond motifs is 1. The summed E-state index contributed by atoms with van der Waals surface area (Å²) < 4.78 is 6.11. The highest BCUT2D eigenvalue weighted by atomic mass is 16.5. The summed E-state index contributed by atoms with van der Waals surface area (Å²) in [5.41, 5.74) is 2.31. The lowest BCUT2D eigenvalue weighted by molar-refractivity contribution is -0.136. The fourth-order valence-electron chi connectivity index (χ4n) is 2.64. The molecule has 0 saturated heterocycles. The van der Waals surface area contributed by atoms with Crippen molar-refractivity contribution >= 4 is 11.7 Å². The van der Waals surface area contributed by atoms with E-state index in [1.165, 1.54) is 5.56 Å². The van der Waals surface area contributed by atoms with Crippen LogP contribution in [0.1, 0.15) is 46.6 Å². The van der Waals surface area contributed by atoms with Crippen molar-refractivity contribution in [1.82, 2.24) is 0 Å². The normalized spacial score (nSPS) is 18.1. The maximum Gasteiger partial charge on any atom is 0.305 e. The van der Waals surface area contributed by atoms with E-state index >= 15 is 0 Å². The molecule has 0 aliphatic carbocycles. The zero-order chi connectivity index (χ0) is 16.5. The lowest BCUT2D eigenvalue weighted by Gasteiger charge is -2.38. The van der Waals surface area contributed by atoms with E-state index in [1.807, 2.05) is 6.07 Å². The van der Waals surface area contributed by atoms with Crippen molar-refractivity contribution in [3.63, 3.8) is 0 Å². The van der Waals surface area contributed by atoms with Gasteiger partial charge in [-0.15, -0.1) is 0 Å². The molecule has 0 amide bonds. The molecule has 2 rings (SSSR count). The molecule has 4 heteroatoms. The Kier molecular flexibility index (Phi) is 4.69. The maximum atomic E-state index is 10.9. The van der Waals surface area contributed by atoms with Crippen molar-refractivity contribution in [1.29, 1.82) is 0 Å². The smallest absolute Gasteiger partial charge is 0.305 e. The van der Waals surface area contributed by atoms with Gasteiger partial charge in [-0.1, -0.05) is 40.7 Å². The first kappa shape index (κ1) is 16.7. The number of hydrogen-bond acceptors (Lipinski definition) is 3. The van der Waals surface area contributed by atoms with Gasteiger partial charge in [0.05, 0.1) is 18.7 Å². The van der Waals surface area contributed by atoms with Crippen LogP contribution in [0.2, 0.25) is 0 Å². The van der Waals surface area contributed by atoms with E-state index in [0.29, 0.717) is 12.5 Å². The van der Waals surface area contributed by atoms with E-state index in [0.717, 1.165) is 18.0 Å². The predicted molar refractivity (Wildman–Crippen MR) is 88.9 cm³/mol. The van der Waals surface area contributed by atoms with Crippen molar-refractivity contribution < 1.29 is 14.6 Å². The first-order valence-electron chi connectivity index (χ1n) is 7.96. The lowest BCUT2D eigenvalue weighted by atomic mass is 9.86. The van der Waals surface area contributed by atoms with Crippen LogP contribution in [0, 0.1) is 5.92 Å². The molecule has 0 bridgehead atoms. The summed E-state index contributed by atoms with van der Waals surface area (Å²) in [7, 11) is 0. The first-order chi connectivity index (χ1) is 10.2. The molecule has 1 aromatic rings. The number of carboxylic acids is 1. The van der Waals surface area contributed by atoms with Gasteiger partial charge < -0.3 is 14.7 Å². The van der Waals surface area contributed by atoms with E-state index < -0.39 is 5.97 Å². The Morgan fingerprint density at radius 1 is 1.41 bits per heavy atom. The summed E-state index contributed by atoms with van der Waals surface area (Å²) in [6, 6.07) is 6.28. The molecule has 0 spiro atoms. The second-order valence-electron chi connectivity index (χ2n) is 7.42. The molecule has 1 N–H and O–H groups in total. The molecular weight excluding hydrogens is 278 g/mol. The molecule has 0 saturated carbocycles. The predicted octanol–water partition coefficient (Wildman–Crippen LogP) is 3.68. The van der Waals surface area contributed by atoms with Gasteiger partial charge in [0.2, 0.25) is 0 Å². The topological polar surface area (TPSA) is 49.8 Å². The lowest BCUT2D eigenvalue weighted by Crippen LogP contribution is -2.43. The fraction of sp³-hybridized carbons (Fsp3) is 0.611. The monoisotopic (exact) mass is 305 g/mol. The van der Waals surface area contributed by atoms with Crippen LogP contribution in [-0.2, 0) is 10.2 Å². The minimum Gasteiger partial charge on any atom is -0.486 e. The quantitative estimate of drug-likeness (QED) is 0.922. The highest BCUT2D eigenvalue weighted by Crippen LogP contribution is 2.38. The number of ether oxygens (including phenoxy) is 1. The van der Waals surface area contributed by atoms with Crippen molar-refractivity contribution in [3.05, 3.63) is 23.8 Å². The summed E-state index contributed by atoms with van der Waals surface area (Å²) in [6.45, 7) is 12.1. The SMILES string of the molecule is CC(C)C1CN(CCC(=O)O)c2cc(C(C)(C)C)ccc2O1. The van der Waals surface area contributed by atoms with Crippen molar-refractivity contribution in [2.45, 2.75) is 52.6 Å². The Hall–Kier alpha value is -1.71. The molecule has 1 atom stereocenters. The van der Waals surface area contributed by atoms with E-state index in [2.05, 4.69) is 51.7 Å². The van der Waals surface area contributed by atoms with Crippen LogP contribution >= 0.6 is 0 Å². The average Bonchev–Trinajstić information content (AvgIpc) is 2.42. The number of benzene rings is 1. The van der Waals surface area contributed by atoms with Crippen LogP contribution < -0.4 is 9.64 Å². The van der Waals surface area contributed by atoms with Gasteiger partial charge in [0.1, 0.15) is 11.9 Å². The van der Waals surface area contributed by atoms with Crippen LogP contribution in [0.25, 0.3) is 0 Å². The Balaban J connectivity index is 2.35. The summed E-state index contributed by atoms with van der Waals surface area (Å²) in [6.07, 6.45) is 0.242. The third-order valence-electron chi connectivity index (χ3n) is 4.18. The van der Waals surface area contributed by atoms with Gasteiger partial charge in [0.25, 0.3) is 0 Å². The molecule has 1 aliphatic rings. The highest BCUT2D eigenvalue weighted by Gasteiger charge is 2.29. The number of carbonyl (C=O) groups is 1. The summed E-state index contributed by atoms with van der Waals surface area (Å²) >= 11 is 0. The Bertz CT molecular complexity index is 546. The van der Waals surface area contributed by atoms with Gasteiger partial charge in [-0.2, -0.15) is 0 Å². The van der Waals surface area contributed by atoms with Crippen LogP contribution in [-0.4, -0.2) is 30.3 Å². The van der Waals surface area contributed by atoms with Gasteiger partial charge in [-0.3, -0.25) is 4.79 Å². The third kappa shape index (κ3) is 3.73. The number of carboxylic acid groups (broad SMARTS) is 1. The van der Waals surface area contributed by atoms with Crippen LogP contribution in [0.3, 0.4) is 0 Å². The number of anilines is 1. The van der Waals surface area contributed by atoms with E-state index in [9.17, 15) is 4.79 Å². The van der Waals surface area contributed by atoms with Gasteiger partial charge in [-0.25, -0.2) is 0 Å². The van der Waals surface area contributed by atoms with Crippen LogP contribution in [0.4, 0.5) is 5.69 Å². The van der Waals surface area contributed by atoms with E-state index in [4.69, 9.17) is 9.84 Å². The molecule has 4 nitrogen and oxygen atoms in total. The molecule has 1 unspecified atom stereocenters. The third-order valence-corrected chi connectivity index (χ3v) is 4.18. The van der Waals surface area contributed by atoms with Crippen molar-refractivity contribution in [3.8, 4) is 5.75 Å². The molecular formula is C18H27NO3. The first-order valence-corrected chi connectivity index (χ1v) is 7.96. The molecule has 22 heavy (non-hydrogen) atoms. The molecule has 1 aromatic carbocycles. The van der Waals surface area contributed by atoms with Gasteiger partial charge >= 0.3 is 5.97 Å². The number of nitrogens with zero attached hydrogens (tertiary/aromatic N) is 1. The molecule has 0 fully saturated rings. The highest BCUT2D eigenvalue weighted by molar-refractivity contribution is 5.69. The van der Waals surface area contributed by atoms with Crippen LogP contribution in [0.15, 0.2) is 18.2 Å². The molecule has 0 aromatic heterocycles. The second kappa shape index (κ2) is 6.19. The minimum absolute atomic E-state index is 0.0579. The standard InChI is InChI=1S/C18H27NO3/c1-12(2)16-11-19(9-8-17(20)21)14-10-13(18(3,4)5)6-7-15(14)22-16/h6-7,10,12,16H,8-9,11H2,1-5H3,(H,20,21). The van der Waals surface area contributed by atoms with Crippen LogP contribution in [0.5, 0.6) is 5.75 Å². The van der Waals surface area contributed by atoms with Gasteiger partial charge in [0.15, 0.2) is 0 Å². The zero-order valence-electron chi connectivity index (χ0n) is 14.2. The van der Waals surface area contributed by atoms with E-state index in [-0.39, 0.29) is 17.9 Å². The fourth-order valence-corrected chi connectivity index (χ4v) is 2.64. The Labute approximate surface area is 133 Å². The van der Waals surface area contributed by atoms with E-state index in [1.54, 1.807) is 0 Å². The van der Waals surface area contributed by atoms with Crippen molar-refractivity contribution in [2.75, 3.05) is 18.0 Å². The second-order valence-corrected chi connectivity index (χ2v) is 7.42. The van der Waals surface area contributed by atoms with Crippen molar-refractivity contribution in [2.24, 2.45) is 5.92 Å². The number of rotatable bonds is 4. The molecule has 0 radical (unpaired) electrons. The molecule has 1 heterocycles.